The molecular weight excluding hydrogens is 262 g/mol. The molecule has 0 spiro atoms. The zero-order valence-electron chi connectivity index (χ0n) is 12.4. The highest BCUT2D eigenvalue weighted by molar-refractivity contribution is 6.00. The first kappa shape index (κ1) is 14.9. The number of anilines is 3. The van der Waals surface area contributed by atoms with E-state index >= 15 is 0 Å². The molecule has 0 radical (unpaired) electrons. The highest BCUT2D eigenvalue weighted by Crippen LogP contribution is 2.26. The van der Waals surface area contributed by atoms with Crippen LogP contribution < -0.4 is 16.4 Å². The third-order valence-electron chi connectivity index (χ3n) is 3.32. The molecule has 1 amide bonds. The number of amides is 1. The zero-order valence-corrected chi connectivity index (χ0v) is 12.4. The average Bonchev–Trinajstić information content (AvgIpc) is 2.49. The largest absolute Gasteiger partial charge is 0.399 e. The second-order valence-corrected chi connectivity index (χ2v) is 4.92. The van der Waals surface area contributed by atoms with Crippen LogP contribution in [0.2, 0.25) is 0 Å². The number of carbonyl (C=O) groups excluding carboxylic acids is 1. The van der Waals surface area contributed by atoms with E-state index in [1.807, 2.05) is 18.2 Å². The summed E-state index contributed by atoms with van der Waals surface area (Å²) < 4.78 is 0. The van der Waals surface area contributed by atoms with E-state index in [1.165, 1.54) is 5.56 Å². The van der Waals surface area contributed by atoms with Crippen molar-refractivity contribution in [2.45, 2.75) is 19.8 Å². The molecule has 4 heteroatoms. The lowest BCUT2D eigenvalue weighted by Gasteiger charge is -2.15. The van der Waals surface area contributed by atoms with Crippen LogP contribution in [0.1, 0.15) is 29.3 Å². The minimum atomic E-state index is -0.134. The Labute approximate surface area is 125 Å². The number of nitrogens with one attached hydrogen (secondary N) is 2. The lowest BCUT2D eigenvalue weighted by atomic mass is 10.1. The number of hydrogen-bond donors (Lipinski definition) is 3. The maximum Gasteiger partial charge on any atom is 0.253 e. The van der Waals surface area contributed by atoms with Gasteiger partial charge in [-0.3, -0.25) is 4.79 Å². The van der Waals surface area contributed by atoms with Crippen molar-refractivity contribution >= 4 is 23.0 Å². The molecule has 0 aliphatic heterocycles. The first-order valence-corrected chi connectivity index (χ1v) is 7.12. The topological polar surface area (TPSA) is 67.1 Å². The highest BCUT2D eigenvalue weighted by Gasteiger charge is 2.11. The summed E-state index contributed by atoms with van der Waals surface area (Å²) in [6, 6.07) is 13.4. The molecule has 2 rings (SSSR count). The summed E-state index contributed by atoms with van der Waals surface area (Å²) in [5, 5.41) is 5.99. The van der Waals surface area contributed by atoms with Gasteiger partial charge in [-0.1, -0.05) is 31.5 Å². The van der Waals surface area contributed by atoms with Gasteiger partial charge in [-0.2, -0.15) is 0 Å². The monoisotopic (exact) mass is 283 g/mol. The Balaban J connectivity index is 2.39. The van der Waals surface area contributed by atoms with Crippen LogP contribution in [0.15, 0.2) is 42.5 Å². The van der Waals surface area contributed by atoms with Crippen molar-refractivity contribution in [1.82, 2.24) is 5.32 Å². The highest BCUT2D eigenvalue weighted by atomic mass is 16.1. The number of carbonyl (C=O) groups is 1. The van der Waals surface area contributed by atoms with E-state index in [-0.39, 0.29) is 5.91 Å². The molecule has 0 unspecified atom stereocenters. The van der Waals surface area contributed by atoms with E-state index in [1.54, 1.807) is 25.2 Å². The second kappa shape index (κ2) is 6.79. The Hall–Kier alpha value is -2.49. The van der Waals surface area contributed by atoms with Crippen molar-refractivity contribution in [1.29, 1.82) is 0 Å². The first-order valence-electron chi connectivity index (χ1n) is 7.12. The molecule has 110 valence electrons. The number of hydrogen-bond acceptors (Lipinski definition) is 3. The van der Waals surface area contributed by atoms with Crippen molar-refractivity contribution in [2.75, 3.05) is 18.1 Å². The Morgan fingerprint density at radius 1 is 1.14 bits per heavy atom. The van der Waals surface area contributed by atoms with Crippen LogP contribution in [-0.2, 0) is 6.42 Å². The Bertz CT molecular complexity index is 638. The number of para-hydroxylation sites is 1. The Kier molecular flexibility index (Phi) is 4.82. The Morgan fingerprint density at radius 3 is 2.62 bits per heavy atom. The van der Waals surface area contributed by atoms with Crippen LogP contribution in [0.4, 0.5) is 17.1 Å². The van der Waals surface area contributed by atoms with E-state index < -0.39 is 0 Å². The van der Waals surface area contributed by atoms with E-state index in [0.29, 0.717) is 11.3 Å². The van der Waals surface area contributed by atoms with Crippen molar-refractivity contribution < 1.29 is 4.79 Å². The van der Waals surface area contributed by atoms with Crippen LogP contribution in [0, 0.1) is 0 Å². The van der Waals surface area contributed by atoms with Gasteiger partial charge < -0.3 is 16.4 Å². The van der Waals surface area contributed by atoms with Crippen molar-refractivity contribution in [2.24, 2.45) is 0 Å². The van der Waals surface area contributed by atoms with Crippen LogP contribution in [0.3, 0.4) is 0 Å². The number of nitrogen functional groups attached to an aromatic ring is 1. The quantitative estimate of drug-likeness (QED) is 0.737. The summed E-state index contributed by atoms with van der Waals surface area (Å²) in [5.41, 5.74) is 10.0. The molecule has 0 aliphatic rings. The minimum absolute atomic E-state index is 0.134. The fourth-order valence-corrected chi connectivity index (χ4v) is 2.27. The minimum Gasteiger partial charge on any atom is -0.399 e. The zero-order chi connectivity index (χ0) is 15.2. The molecule has 2 aromatic rings. The maximum atomic E-state index is 12.0. The Morgan fingerprint density at radius 2 is 1.90 bits per heavy atom. The summed E-state index contributed by atoms with van der Waals surface area (Å²) in [7, 11) is 1.62. The summed E-state index contributed by atoms with van der Waals surface area (Å²) >= 11 is 0. The molecule has 4 N–H and O–H groups in total. The standard InChI is InChI=1S/C17H21N3O/c1-3-6-12-7-4-5-8-15(12)20-16-11-13(18)9-10-14(16)17(21)19-2/h4-5,7-11,20H,3,6,18H2,1-2H3,(H,19,21). The number of nitrogens with two attached hydrogens (primary N) is 1. The lowest BCUT2D eigenvalue weighted by Crippen LogP contribution is -2.19. The summed E-state index contributed by atoms with van der Waals surface area (Å²) in [6.45, 7) is 2.15. The smallest absolute Gasteiger partial charge is 0.253 e. The number of benzene rings is 2. The summed E-state index contributed by atoms with van der Waals surface area (Å²) in [5.74, 6) is -0.134. The van der Waals surface area contributed by atoms with Gasteiger partial charge in [0.15, 0.2) is 0 Å². The van der Waals surface area contributed by atoms with Crippen molar-refractivity contribution in [3.8, 4) is 0 Å². The van der Waals surface area contributed by atoms with E-state index in [2.05, 4.69) is 23.6 Å². The van der Waals surface area contributed by atoms with Crippen LogP contribution in [0.25, 0.3) is 0 Å². The molecule has 0 atom stereocenters. The molecule has 0 aromatic heterocycles. The second-order valence-electron chi connectivity index (χ2n) is 4.92. The fraction of sp³-hybridized carbons (Fsp3) is 0.235. The molecular formula is C17H21N3O. The first-order chi connectivity index (χ1) is 10.2. The molecule has 0 saturated heterocycles. The molecule has 0 fully saturated rings. The number of rotatable bonds is 5. The molecule has 0 heterocycles. The molecule has 0 aliphatic carbocycles. The lowest BCUT2D eigenvalue weighted by molar-refractivity contribution is 0.0964. The van der Waals surface area contributed by atoms with Crippen molar-refractivity contribution in [3.05, 3.63) is 53.6 Å². The normalized spacial score (nSPS) is 10.2. The van der Waals surface area contributed by atoms with Gasteiger partial charge in [0.05, 0.1) is 11.3 Å². The predicted molar refractivity (Wildman–Crippen MR) is 88.0 cm³/mol. The van der Waals surface area contributed by atoms with Crippen molar-refractivity contribution in [3.63, 3.8) is 0 Å². The van der Waals surface area contributed by atoms with E-state index in [9.17, 15) is 4.79 Å². The van der Waals surface area contributed by atoms with Gasteiger partial charge in [0.2, 0.25) is 0 Å². The summed E-state index contributed by atoms with van der Waals surface area (Å²) in [6.07, 6.45) is 2.05. The molecule has 0 bridgehead atoms. The molecule has 2 aromatic carbocycles. The molecule has 0 saturated carbocycles. The van der Waals surface area contributed by atoms with E-state index in [4.69, 9.17) is 5.73 Å². The third kappa shape index (κ3) is 3.54. The van der Waals surface area contributed by atoms with Gasteiger partial charge in [-0.05, 0) is 36.2 Å². The van der Waals surface area contributed by atoms with Gasteiger partial charge in [0, 0.05) is 18.4 Å². The van der Waals surface area contributed by atoms with Crippen LogP contribution in [0.5, 0.6) is 0 Å². The summed E-state index contributed by atoms with van der Waals surface area (Å²) in [4.78, 5) is 12.0. The van der Waals surface area contributed by atoms with Gasteiger partial charge in [0.25, 0.3) is 5.91 Å². The maximum absolute atomic E-state index is 12.0. The van der Waals surface area contributed by atoms with Crippen LogP contribution in [-0.4, -0.2) is 13.0 Å². The van der Waals surface area contributed by atoms with Crippen LogP contribution >= 0.6 is 0 Å². The third-order valence-corrected chi connectivity index (χ3v) is 3.32. The predicted octanol–water partition coefficient (Wildman–Crippen LogP) is 3.32. The van der Waals surface area contributed by atoms with Gasteiger partial charge in [-0.25, -0.2) is 0 Å². The van der Waals surface area contributed by atoms with Gasteiger partial charge in [0.1, 0.15) is 0 Å². The van der Waals surface area contributed by atoms with Gasteiger partial charge in [-0.15, -0.1) is 0 Å². The van der Waals surface area contributed by atoms with E-state index in [0.717, 1.165) is 24.2 Å². The SMILES string of the molecule is CCCc1ccccc1Nc1cc(N)ccc1C(=O)NC. The average molecular weight is 283 g/mol. The van der Waals surface area contributed by atoms with Gasteiger partial charge >= 0.3 is 0 Å². The number of aryl methyl sites for hydroxylation is 1. The fourth-order valence-electron chi connectivity index (χ4n) is 2.27. The molecule has 21 heavy (non-hydrogen) atoms. The molecule has 4 nitrogen and oxygen atoms in total.